The number of oxazole rings is 1. The summed E-state index contributed by atoms with van der Waals surface area (Å²) in [5.41, 5.74) is 11.6. The number of fused-ring (bicyclic) bond motifs is 11. The summed E-state index contributed by atoms with van der Waals surface area (Å²) in [4.78, 5) is 21.3. The molecule has 0 saturated carbocycles. The topological polar surface area (TPSA) is 74.6 Å². The first kappa shape index (κ1) is 37.2. The molecule has 7 nitrogen and oxygen atoms in total. The maximum Gasteiger partial charge on any atom is 0.238 e. The molecule has 14 aromatic rings. The summed E-state index contributed by atoms with van der Waals surface area (Å²) in [5, 5.41) is 9.04. The summed E-state index contributed by atoms with van der Waals surface area (Å²) in [6, 6.07) is 76.3. The Balaban J connectivity index is 1.06. The van der Waals surface area contributed by atoms with Crippen LogP contribution >= 0.6 is 0 Å². The van der Waals surface area contributed by atoms with Crippen LogP contribution < -0.4 is 0 Å². The predicted octanol–water partition coefficient (Wildman–Crippen LogP) is 15.2. The monoisotopic (exact) mass is 856 g/mol. The van der Waals surface area contributed by atoms with Gasteiger partial charge in [0.05, 0.1) is 22.1 Å². The molecule has 0 amide bonds. The van der Waals surface area contributed by atoms with Crippen molar-refractivity contribution in [2.24, 2.45) is 0 Å². The molecular weight excluding hydrogens is 821 g/mol. The maximum atomic E-state index is 6.34. The van der Waals surface area contributed by atoms with Gasteiger partial charge in [0.1, 0.15) is 5.52 Å². The number of hydrogen-bond donors (Lipinski definition) is 0. The van der Waals surface area contributed by atoms with Gasteiger partial charge < -0.3 is 8.98 Å². The van der Waals surface area contributed by atoms with Crippen molar-refractivity contribution in [3.8, 4) is 57.0 Å². The highest BCUT2D eigenvalue weighted by atomic mass is 16.3. The fourth-order valence-electron chi connectivity index (χ4n) is 10.2. The first-order valence-electron chi connectivity index (χ1n) is 22.5. The van der Waals surface area contributed by atoms with Gasteiger partial charge in [0.15, 0.2) is 17.2 Å². The molecule has 0 spiro atoms. The van der Waals surface area contributed by atoms with Crippen LogP contribution in [0.4, 0.5) is 0 Å². The Morgan fingerprint density at radius 2 is 0.925 bits per heavy atom. The van der Waals surface area contributed by atoms with Crippen LogP contribution in [-0.2, 0) is 0 Å². The second-order valence-corrected chi connectivity index (χ2v) is 17.0. The van der Waals surface area contributed by atoms with Crippen LogP contribution in [0.3, 0.4) is 0 Å². The molecule has 4 heterocycles. The van der Waals surface area contributed by atoms with Crippen LogP contribution in [0.1, 0.15) is 0 Å². The van der Waals surface area contributed by atoms with Crippen LogP contribution in [0.25, 0.3) is 133 Å². The van der Waals surface area contributed by atoms with Crippen molar-refractivity contribution in [1.29, 1.82) is 0 Å². The molecule has 0 atom stereocenters. The zero-order valence-electron chi connectivity index (χ0n) is 35.9. The highest BCUT2D eigenvalue weighted by molar-refractivity contribution is 6.24. The van der Waals surface area contributed by atoms with Gasteiger partial charge in [0.2, 0.25) is 11.8 Å². The molecule has 0 aliphatic rings. The van der Waals surface area contributed by atoms with Gasteiger partial charge in [-0.05, 0) is 75.6 Å². The van der Waals surface area contributed by atoms with Gasteiger partial charge in [-0.15, -0.1) is 0 Å². The molecule has 0 radical (unpaired) electrons. The van der Waals surface area contributed by atoms with Crippen molar-refractivity contribution in [3.05, 3.63) is 218 Å². The van der Waals surface area contributed by atoms with Gasteiger partial charge in [0.25, 0.3) is 0 Å². The van der Waals surface area contributed by atoms with Crippen LogP contribution in [0.15, 0.2) is 223 Å². The molecule has 0 saturated heterocycles. The average molecular weight is 857 g/mol. The summed E-state index contributed by atoms with van der Waals surface area (Å²) in [5.74, 6) is 2.34. The van der Waals surface area contributed by atoms with Gasteiger partial charge in [-0.2, -0.15) is 9.97 Å². The molecule has 0 N–H and O–H groups in total. The van der Waals surface area contributed by atoms with E-state index < -0.39 is 0 Å². The van der Waals surface area contributed by atoms with E-state index in [1.54, 1.807) is 0 Å². The van der Waals surface area contributed by atoms with Crippen LogP contribution in [0.5, 0.6) is 0 Å². The van der Waals surface area contributed by atoms with Crippen molar-refractivity contribution >= 4 is 76.3 Å². The Bertz CT molecular complexity index is 4280. The van der Waals surface area contributed by atoms with E-state index in [4.69, 9.17) is 24.4 Å². The minimum atomic E-state index is 0.539. The van der Waals surface area contributed by atoms with E-state index in [-0.39, 0.29) is 0 Å². The summed E-state index contributed by atoms with van der Waals surface area (Å²) in [6.45, 7) is 0. The Hall–Kier alpha value is -9.20. The highest BCUT2D eigenvalue weighted by Gasteiger charge is 2.24. The van der Waals surface area contributed by atoms with Crippen molar-refractivity contribution in [3.63, 3.8) is 0 Å². The van der Waals surface area contributed by atoms with Gasteiger partial charge in [-0.1, -0.05) is 170 Å². The Morgan fingerprint density at radius 3 is 1.69 bits per heavy atom. The zero-order valence-corrected chi connectivity index (χ0v) is 35.9. The minimum Gasteiger partial charge on any atom is -0.436 e. The molecule has 0 aliphatic heterocycles. The molecule has 0 fully saturated rings. The van der Waals surface area contributed by atoms with Crippen molar-refractivity contribution in [1.82, 2.24) is 29.1 Å². The number of hydrogen-bond acceptors (Lipinski definition) is 5. The quantitative estimate of drug-likeness (QED) is 0.156. The third-order valence-electron chi connectivity index (χ3n) is 13.2. The molecule has 7 heteroatoms. The fourth-order valence-corrected chi connectivity index (χ4v) is 10.2. The van der Waals surface area contributed by atoms with E-state index in [2.05, 4.69) is 167 Å². The number of para-hydroxylation sites is 3. The SMILES string of the molecule is c1ccc(-c2nc(-c3cc4ccccc4c4ccccc34)nc(-n3c4ccccc4c4ccc5c6ccccc6n(-c6cccc(-c7cccc8oc(-c9ccccc9)nc78)c6)c5c43)n2)cc1. The highest BCUT2D eigenvalue weighted by Crippen LogP contribution is 2.43. The van der Waals surface area contributed by atoms with Crippen LogP contribution in [0.2, 0.25) is 0 Å². The number of aromatic nitrogens is 6. The predicted molar refractivity (Wildman–Crippen MR) is 273 cm³/mol. The summed E-state index contributed by atoms with van der Waals surface area (Å²) in [6.07, 6.45) is 0. The van der Waals surface area contributed by atoms with E-state index in [1.807, 2.05) is 60.7 Å². The first-order chi connectivity index (χ1) is 33.2. The van der Waals surface area contributed by atoms with Crippen molar-refractivity contribution in [2.45, 2.75) is 0 Å². The summed E-state index contributed by atoms with van der Waals surface area (Å²) >= 11 is 0. The summed E-state index contributed by atoms with van der Waals surface area (Å²) < 4.78 is 11.0. The molecular formula is C60H36N6O. The van der Waals surface area contributed by atoms with Gasteiger partial charge in [-0.25, -0.2) is 9.97 Å². The molecule has 10 aromatic carbocycles. The number of rotatable bonds is 6. The number of benzene rings is 10. The van der Waals surface area contributed by atoms with E-state index in [1.165, 1.54) is 5.39 Å². The largest absolute Gasteiger partial charge is 0.436 e. The van der Waals surface area contributed by atoms with E-state index in [0.717, 1.165) is 104 Å². The second kappa shape index (κ2) is 14.7. The molecule has 14 rings (SSSR count). The standard InChI is InChI=1S/C60H36N6O/c1-3-17-37(18-4-1)57-62-58(50-36-40-21-7-8-24-42(40)44-25-9-10-26-45(44)50)64-60(63-57)66-52-31-14-12-28-47(52)49-34-33-48-46-27-11-13-30-51(46)65(55(48)56(49)66)41-23-15-22-39(35-41)43-29-16-32-53-54(43)61-59(67-53)38-19-5-2-6-20-38/h1-36H. The lowest BCUT2D eigenvalue weighted by Gasteiger charge is -2.15. The normalized spacial score (nSPS) is 11.9. The smallest absolute Gasteiger partial charge is 0.238 e. The van der Waals surface area contributed by atoms with E-state index in [0.29, 0.717) is 23.5 Å². The lowest BCUT2D eigenvalue weighted by Crippen LogP contribution is -2.07. The lowest BCUT2D eigenvalue weighted by atomic mass is 9.97. The molecule has 4 aromatic heterocycles. The minimum absolute atomic E-state index is 0.539. The Labute approximate surface area is 383 Å². The summed E-state index contributed by atoms with van der Waals surface area (Å²) in [7, 11) is 0. The third kappa shape index (κ3) is 5.78. The van der Waals surface area contributed by atoms with Crippen molar-refractivity contribution < 1.29 is 4.42 Å². The van der Waals surface area contributed by atoms with E-state index in [9.17, 15) is 0 Å². The molecule has 312 valence electrons. The van der Waals surface area contributed by atoms with E-state index >= 15 is 0 Å². The molecule has 0 bridgehead atoms. The molecule has 0 unspecified atom stereocenters. The van der Waals surface area contributed by atoms with Crippen LogP contribution in [0, 0.1) is 0 Å². The molecule has 67 heavy (non-hydrogen) atoms. The maximum absolute atomic E-state index is 6.34. The van der Waals surface area contributed by atoms with Crippen LogP contribution in [-0.4, -0.2) is 29.1 Å². The Kier molecular flexibility index (Phi) is 8.15. The first-order valence-corrected chi connectivity index (χ1v) is 22.5. The van der Waals surface area contributed by atoms with Crippen molar-refractivity contribution in [2.75, 3.05) is 0 Å². The van der Waals surface area contributed by atoms with Gasteiger partial charge in [-0.3, -0.25) is 4.57 Å². The third-order valence-corrected chi connectivity index (χ3v) is 13.2. The average Bonchev–Trinajstić information content (AvgIpc) is 4.10. The number of nitrogens with zero attached hydrogens (tertiary/aromatic N) is 6. The zero-order chi connectivity index (χ0) is 44.0. The molecule has 0 aliphatic carbocycles. The second-order valence-electron chi connectivity index (χ2n) is 17.0. The fraction of sp³-hybridized carbons (Fsp3) is 0. The van der Waals surface area contributed by atoms with Gasteiger partial charge >= 0.3 is 0 Å². The lowest BCUT2D eigenvalue weighted by molar-refractivity contribution is 0.620. The van der Waals surface area contributed by atoms with Gasteiger partial charge in [0, 0.05) is 49.5 Å². The Morgan fingerprint density at radius 1 is 0.343 bits per heavy atom.